The van der Waals surface area contributed by atoms with Gasteiger partial charge in [0.05, 0.1) is 0 Å². The van der Waals surface area contributed by atoms with Crippen LogP contribution < -0.4 is 0 Å². The Balaban J connectivity index is 1.87. The molecule has 4 aliphatic rings. The Hall–Kier alpha value is -1.40. The summed E-state index contributed by atoms with van der Waals surface area (Å²) >= 11 is 4.97. The quantitative estimate of drug-likeness (QED) is 0.669. The van der Waals surface area contributed by atoms with E-state index in [9.17, 15) is 19.8 Å². The van der Waals surface area contributed by atoms with E-state index in [1.165, 1.54) is 12.2 Å². The molecule has 0 aromatic carbocycles. The molecule has 4 nitrogen and oxygen atoms in total. The molecule has 7 atom stereocenters. The van der Waals surface area contributed by atoms with E-state index in [4.69, 9.17) is 12.2 Å². The molecule has 0 saturated heterocycles. The zero-order chi connectivity index (χ0) is 20.0. The van der Waals surface area contributed by atoms with E-state index < -0.39 is 38.9 Å². The molecule has 0 amide bonds. The van der Waals surface area contributed by atoms with Crippen molar-refractivity contribution in [1.82, 2.24) is 0 Å². The molecule has 3 fully saturated rings. The number of rotatable bonds is 1. The van der Waals surface area contributed by atoms with E-state index in [0.717, 1.165) is 0 Å². The van der Waals surface area contributed by atoms with E-state index >= 15 is 4.39 Å². The smallest absolute Gasteiger partial charge is 0.190 e. The summed E-state index contributed by atoms with van der Waals surface area (Å²) in [4.78, 5) is 25.1. The molecule has 0 aliphatic heterocycles. The average Bonchev–Trinajstić information content (AvgIpc) is 2.79. The van der Waals surface area contributed by atoms with Crippen LogP contribution in [-0.4, -0.2) is 38.1 Å². The molecule has 3 saturated carbocycles. The normalized spacial score (nSPS) is 51.3. The van der Waals surface area contributed by atoms with Crippen LogP contribution in [0.1, 0.15) is 46.5 Å². The summed E-state index contributed by atoms with van der Waals surface area (Å²) in [5.74, 6) is -1.98. The van der Waals surface area contributed by atoms with Gasteiger partial charge in [-0.15, -0.1) is 0 Å². The molecule has 0 bridgehead atoms. The van der Waals surface area contributed by atoms with E-state index in [1.807, 2.05) is 0 Å². The third-order valence-electron chi connectivity index (χ3n) is 8.31. The largest absolute Gasteiger partial charge is 0.500 e. The topological polar surface area (TPSA) is 74.6 Å². The number of thiocarbonyl (C=S) groups is 1. The Morgan fingerprint density at radius 1 is 1.30 bits per heavy atom. The Morgan fingerprint density at radius 3 is 2.59 bits per heavy atom. The monoisotopic (exact) mass is 392 g/mol. The summed E-state index contributed by atoms with van der Waals surface area (Å²) in [6.07, 6.45) is 5.66. The predicted molar refractivity (Wildman–Crippen MR) is 102 cm³/mol. The van der Waals surface area contributed by atoms with Crippen LogP contribution in [0.15, 0.2) is 23.8 Å². The molecule has 0 unspecified atom stereocenters. The predicted octanol–water partition coefficient (Wildman–Crippen LogP) is 3.43. The second-order valence-corrected chi connectivity index (χ2v) is 9.68. The molecule has 0 heterocycles. The molecule has 27 heavy (non-hydrogen) atoms. The number of alkyl halides is 1. The number of carbonyl (C=O) groups is 2. The lowest BCUT2D eigenvalue weighted by molar-refractivity contribution is -0.174. The lowest BCUT2D eigenvalue weighted by atomic mass is 9.45. The fourth-order valence-electron chi connectivity index (χ4n) is 6.73. The number of ketones is 2. The number of allylic oxidation sites excluding steroid dienone is 4. The van der Waals surface area contributed by atoms with Gasteiger partial charge in [0.25, 0.3) is 0 Å². The zero-order valence-electron chi connectivity index (χ0n) is 15.8. The number of halogens is 1. The Morgan fingerprint density at radius 2 is 1.96 bits per heavy atom. The molecule has 0 radical (unpaired) electrons. The van der Waals surface area contributed by atoms with Crippen molar-refractivity contribution >= 4 is 28.8 Å². The van der Waals surface area contributed by atoms with Gasteiger partial charge in [0, 0.05) is 23.2 Å². The van der Waals surface area contributed by atoms with Crippen molar-refractivity contribution in [3.63, 3.8) is 0 Å². The summed E-state index contributed by atoms with van der Waals surface area (Å²) in [7, 11) is 0. The molecule has 0 aromatic heterocycles. The van der Waals surface area contributed by atoms with Gasteiger partial charge >= 0.3 is 0 Å². The molecular formula is C21H25FO4S. The first-order valence-corrected chi connectivity index (χ1v) is 9.96. The van der Waals surface area contributed by atoms with Gasteiger partial charge in [-0.25, -0.2) is 4.39 Å². The SMILES string of the molecule is C[C@H]1C[C@H]2[C@@H]3CCC4=CC(=O)C=C[C@]4(C)[C@@]3(F)C(=O)C[C@]2(C)[C@]1(O)C(O)=S. The van der Waals surface area contributed by atoms with Crippen molar-refractivity contribution in [3.8, 4) is 0 Å². The lowest BCUT2D eigenvalue weighted by Gasteiger charge is -2.59. The number of carbonyl (C=O) groups excluding carboxylic acids is 2. The van der Waals surface area contributed by atoms with Gasteiger partial charge in [0.1, 0.15) is 5.60 Å². The van der Waals surface area contributed by atoms with Crippen molar-refractivity contribution in [2.75, 3.05) is 0 Å². The standard InChI is InChI=1S/C21H25FO4S/c1-11-8-15-14-5-4-12-9-13(23)6-7-18(12,2)20(14,22)16(24)10-19(15,3)21(11,26)17(25)27/h6-7,9,11,14-15,26H,4-5,8,10H2,1-3H3,(H,25,27)/t11-,14-,15-,18-,19-,20-,21+/m0/s1. The summed E-state index contributed by atoms with van der Waals surface area (Å²) in [6.45, 7) is 5.26. The number of hydrogen-bond donors (Lipinski definition) is 2. The summed E-state index contributed by atoms with van der Waals surface area (Å²) < 4.78 is 16.7. The Labute approximate surface area is 163 Å². The van der Waals surface area contributed by atoms with Crippen LogP contribution >= 0.6 is 12.2 Å². The second kappa shape index (κ2) is 5.35. The fourth-order valence-corrected chi connectivity index (χ4v) is 7.17. The highest BCUT2D eigenvalue weighted by Crippen LogP contribution is 2.69. The third kappa shape index (κ3) is 1.93. The number of hydrogen-bond acceptors (Lipinski definition) is 4. The zero-order valence-corrected chi connectivity index (χ0v) is 16.6. The van der Waals surface area contributed by atoms with Crippen LogP contribution in [0.25, 0.3) is 0 Å². The first-order valence-electron chi connectivity index (χ1n) is 9.55. The third-order valence-corrected chi connectivity index (χ3v) is 8.62. The minimum absolute atomic E-state index is 0.174. The first-order chi connectivity index (χ1) is 12.4. The maximum absolute atomic E-state index is 16.7. The van der Waals surface area contributed by atoms with Gasteiger partial charge in [0.2, 0.25) is 0 Å². The molecule has 0 spiro atoms. The number of aliphatic hydroxyl groups is 2. The first kappa shape index (κ1) is 18.9. The van der Waals surface area contributed by atoms with Crippen molar-refractivity contribution < 1.29 is 24.2 Å². The lowest BCUT2D eigenvalue weighted by Crippen LogP contribution is -2.67. The highest BCUT2D eigenvalue weighted by atomic mass is 32.1. The highest BCUT2D eigenvalue weighted by molar-refractivity contribution is 7.80. The van der Waals surface area contributed by atoms with Gasteiger partial charge in [-0.2, -0.15) is 0 Å². The van der Waals surface area contributed by atoms with Gasteiger partial charge in [-0.05, 0) is 62.4 Å². The van der Waals surface area contributed by atoms with Crippen LogP contribution in [0.4, 0.5) is 4.39 Å². The molecule has 4 aliphatic carbocycles. The van der Waals surface area contributed by atoms with Gasteiger partial charge in [0.15, 0.2) is 22.3 Å². The number of fused-ring (bicyclic) bond motifs is 5. The Kier molecular flexibility index (Phi) is 3.75. The molecule has 0 aromatic rings. The number of Topliss-reactive ketones (excluding diaryl/α,β-unsaturated/α-hetero) is 1. The second-order valence-electron chi connectivity index (χ2n) is 9.30. The van der Waals surface area contributed by atoms with Crippen molar-refractivity contribution in [1.29, 1.82) is 0 Å². The van der Waals surface area contributed by atoms with Crippen molar-refractivity contribution in [3.05, 3.63) is 23.8 Å². The van der Waals surface area contributed by atoms with Crippen LogP contribution in [0, 0.1) is 28.6 Å². The number of aliphatic hydroxyl groups excluding tert-OH is 1. The molecule has 2 N–H and O–H groups in total. The van der Waals surface area contributed by atoms with Crippen molar-refractivity contribution in [2.45, 2.75) is 57.7 Å². The van der Waals surface area contributed by atoms with Crippen LogP contribution in [0.3, 0.4) is 0 Å². The molecular weight excluding hydrogens is 367 g/mol. The van der Waals surface area contributed by atoms with Gasteiger partial charge in [-0.3, -0.25) is 9.59 Å². The molecule has 6 heteroatoms. The van der Waals surface area contributed by atoms with Crippen LogP contribution in [-0.2, 0) is 9.59 Å². The molecule has 146 valence electrons. The van der Waals surface area contributed by atoms with Crippen LogP contribution in [0.2, 0.25) is 0 Å². The summed E-state index contributed by atoms with van der Waals surface area (Å²) in [6, 6.07) is 0. The fraction of sp³-hybridized carbons (Fsp3) is 0.667. The minimum Gasteiger partial charge on any atom is -0.500 e. The summed E-state index contributed by atoms with van der Waals surface area (Å²) in [5.41, 5.74) is -5.28. The van der Waals surface area contributed by atoms with E-state index in [-0.39, 0.29) is 24.0 Å². The average molecular weight is 392 g/mol. The van der Waals surface area contributed by atoms with E-state index in [1.54, 1.807) is 26.8 Å². The Bertz CT molecular complexity index is 834. The highest BCUT2D eigenvalue weighted by Gasteiger charge is 2.75. The van der Waals surface area contributed by atoms with Gasteiger partial charge in [-0.1, -0.05) is 25.5 Å². The minimum atomic E-state index is -2.12. The maximum Gasteiger partial charge on any atom is 0.190 e. The van der Waals surface area contributed by atoms with E-state index in [0.29, 0.717) is 24.8 Å². The maximum atomic E-state index is 16.7. The van der Waals surface area contributed by atoms with Gasteiger partial charge < -0.3 is 10.2 Å². The summed E-state index contributed by atoms with van der Waals surface area (Å²) in [5, 5.41) is 20.9. The molecule has 4 rings (SSSR count). The van der Waals surface area contributed by atoms with E-state index in [2.05, 4.69) is 0 Å². The van der Waals surface area contributed by atoms with Crippen LogP contribution in [0.5, 0.6) is 0 Å². The van der Waals surface area contributed by atoms with Crippen molar-refractivity contribution in [2.24, 2.45) is 28.6 Å².